The number of nitrogens with one attached hydrogen (secondary N) is 1. The fourth-order valence-corrected chi connectivity index (χ4v) is 3.89. The number of carbonyl (C=O) groups excluding carboxylic acids is 2. The number of aromatic nitrogens is 1. The highest BCUT2D eigenvalue weighted by atomic mass is 79.9. The van der Waals surface area contributed by atoms with Crippen molar-refractivity contribution in [2.45, 2.75) is 31.2 Å². The Morgan fingerprint density at radius 1 is 1.21 bits per heavy atom. The first-order valence-electron chi connectivity index (χ1n) is 7.83. The summed E-state index contributed by atoms with van der Waals surface area (Å²) in [5.41, 5.74) is 1.80. The number of imide groups is 1. The maximum atomic E-state index is 13.0. The van der Waals surface area contributed by atoms with Gasteiger partial charge in [-0.1, -0.05) is 30.3 Å². The fourth-order valence-electron chi connectivity index (χ4n) is 3.57. The Hall–Kier alpha value is -2.21. The number of amides is 3. The van der Waals surface area contributed by atoms with Gasteiger partial charge in [-0.05, 0) is 52.7 Å². The number of halogens is 1. The van der Waals surface area contributed by atoms with E-state index in [1.807, 2.05) is 25.1 Å². The van der Waals surface area contributed by atoms with Crippen LogP contribution in [0, 0.1) is 6.92 Å². The molecular formula is C18H16BrN3O2. The molecule has 5 nitrogen and oxygen atoms in total. The molecular weight excluding hydrogens is 370 g/mol. The molecule has 0 bridgehead atoms. The van der Waals surface area contributed by atoms with Crippen molar-refractivity contribution < 1.29 is 9.59 Å². The van der Waals surface area contributed by atoms with Crippen molar-refractivity contribution in [3.8, 4) is 0 Å². The molecule has 3 amide bonds. The molecule has 1 aromatic carbocycles. The molecule has 1 N–H and O–H groups in total. The van der Waals surface area contributed by atoms with Crippen LogP contribution in [0.25, 0.3) is 0 Å². The van der Waals surface area contributed by atoms with Gasteiger partial charge >= 0.3 is 6.03 Å². The lowest BCUT2D eigenvalue weighted by molar-refractivity contribution is -0.125. The van der Waals surface area contributed by atoms with Crippen molar-refractivity contribution in [1.29, 1.82) is 0 Å². The Labute approximate surface area is 148 Å². The number of hydrogen-bond acceptors (Lipinski definition) is 3. The molecule has 6 heteroatoms. The minimum atomic E-state index is -0.771. The van der Waals surface area contributed by atoms with E-state index in [1.54, 1.807) is 12.4 Å². The van der Waals surface area contributed by atoms with E-state index in [0.29, 0.717) is 24.4 Å². The second kappa shape index (κ2) is 5.41. The van der Waals surface area contributed by atoms with Gasteiger partial charge < -0.3 is 5.32 Å². The van der Waals surface area contributed by atoms with E-state index in [9.17, 15) is 9.59 Å². The van der Waals surface area contributed by atoms with Gasteiger partial charge in [0.1, 0.15) is 5.54 Å². The van der Waals surface area contributed by atoms with Crippen LogP contribution in [-0.4, -0.2) is 22.5 Å². The molecule has 1 saturated heterocycles. The summed E-state index contributed by atoms with van der Waals surface area (Å²) in [6.45, 7) is 1.86. The molecule has 0 unspecified atom stereocenters. The average molecular weight is 386 g/mol. The number of benzene rings is 1. The topological polar surface area (TPSA) is 62.3 Å². The SMILES string of the molecule is Cc1c(Br)cncc1N1C(=O)NC2(CC(c3ccccc3)C2)C1=O. The summed E-state index contributed by atoms with van der Waals surface area (Å²) in [5.74, 6) is 0.125. The number of rotatable bonds is 2. The van der Waals surface area contributed by atoms with Gasteiger partial charge in [0.25, 0.3) is 5.91 Å². The third-order valence-electron chi connectivity index (χ3n) is 4.99. The van der Waals surface area contributed by atoms with Crippen LogP contribution in [0.2, 0.25) is 0 Å². The molecule has 2 fully saturated rings. The maximum absolute atomic E-state index is 13.0. The highest BCUT2D eigenvalue weighted by Gasteiger charge is 2.59. The number of anilines is 1. The molecule has 4 rings (SSSR count). The zero-order valence-corrected chi connectivity index (χ0v) is 14.7. The fraction of sp³-hybridized carbons (Fsp3) is 0.278. The molecule has 1 saturated carbocycles. The predicted octanol–water partition coefficient (Wildman–Crippen LogP) is 3.53. The monoisotopic (exact) mass is 385 g/mol. The van der Waals surface area contributed by atoms with Crippen LogP contribution in [0.5, 0.6) is 0 Å². The molecule has 1 aliphatic carbocycles. The van der Waals surface area contributed by atoms with Gasteiger partial charge in [-0.15, -0.1) is 0 Å². The smallest absolute Gasteiger partial charge is 0.323 e. The lowest BCUT2D eigenvalue weighted by Gasteiger charge is -2.42. The Morgan fingerprint density at radius 3 is 2.62 bits per heavy atom. The Balaban J connectivity index is 1.60. The van der Waals surface area contributed by atoms with E-state index < -0.39 is 5.54 Å². The van der Waals surface area contributed by atoms with Crippen molar-refractivity contribution in [1.82, 2.24) is 10.3 Å². The summed E-state index contributed by atoms with van der Waals surface area (Å²) in [4.78, 5) is 30.7. The molecule has 0 atom stereocenters. The molecule has 2 aromatic rings. The van der Waals surface area contributed by atoms with Crippen LogP contribution in [0.15, 0.2) is 47.2 Å². The standard InChI is InChI=1S/C18H16BrN3O2/c1-11-14(19)9-20-10-15(11)22-16(23)18(21-17(22)24)7-13(8-18)12-5-3-2-4-6-12/h2-6,9-10,13H,7-8H2,1H3,(H,21,24). The zero-order valence-electron chi connectivity index (χ0n) is 13.1. The van der Waals surface area contributed by atoms with Crippen molar-refractivity contribution >= 4 is 33.6 Å². The molecule has 1 aromatic heterocycles. The van der Waals surface area contributed by atoms with Crippen LogP contribution < -0.4 is 10.2 Å². The highest BCUT2D eigenvalue weighted by molar-refractivity contribution is 9.10. The molecule has 122 valence electrons. The van der Waals surface area contributed by atoms with Gasteiger partial charge in [0.05, 0.1) is 11.9 Å². The summed E-state index contributed by atoms with van der Waals surface area (Å²) < 4.78 is 0.775. The number of urea groups is 1. The average Bonchev–Trinajstić information content (AvgIpc) is 2.81. The Bertz CT molecular complexity index is 831. The highest BCUT2D eigenvalue weighted by Crippen LogP contribution is 2.48. The van der Waals surface area contributed by atoms with Crippen molar-refractivity contribution in [2.24, 2.45) is 0 Å². The van der Waals surface area contributed by atoms with Gasteiger partial charge in [0.2, 0.25) is 0 Å². The minimum absolute atomic E-state index is 0.178. The second-order valence-corrected chi connectivity index (χ2v) is 7.29. The molecule has 2 heterocycles. The van der Waals surface area contributed by atoms with Crippen molar-refractivity contribution in [3.05, 3.63) is 58.3 Å². The van der Waals surface area contributed by atoms with Crippen LogP contribution >= 0.6 is 15.9 Å². The largest absolute Gasteiger partial charge is 0.329 e. The second-order valence-electron chi connectivity index (χ2n) is 6.43. The van der Waals surface area contributed by atoms with Gasteiger partial charge in [-0.25, -0.2) is 9.69 Å². The van der Waals surface area contributed by atoms with Crippen molar-refractivity contribution in [2.75, 3.05) is 4.90 Å². The molecule has 24 heavy (non-hydrogen) atoms. The predicted molar refractivity (Wildman–Crippen MR) is 93.8 cm³/mol. The van der Waals surface area contributed by atoms with E-state index in [1.165, 1.54) is 10.5 Å². The van der Waals surface area contributed by atoms with Crippen molar-refractivity contribution in [3.63, 3.8) is 0 Å². The van der Waals surface area contributed by atoms with E-state index in [-0.39, 0.29) is 11.9 Å². The number of carbonyl (C=O) groups is 2. The van der Waals surface area contributed by atoms with Gasteiger partial charge in [0.15, 0.2) is 0 Å². The van der Waals surface area contributed by atoms with Crippen LogP contribution in [-0.2, 0) is 4.79 Å². The quantitative estimate of drug-likeness (QED) is 0.804. The van der Waals surface area contributed by atoms with E-state index in [4.69, 9.17) is 0 Å². The summed E-state index contributed by atoms with van der Waals surface area (Å²) >= 11 is 3.40. The minimum Gasteiger partial charge on any atom is -0.323 e. The first-order chi connectivity index (χ1) is 11.5. The molecule has 1 spiro atoms. The van der Waals surface area contributed by atoms with E-state index in [2.05, 4.69) is 38.4 Å². The first-order valence-corrected chi connectivity index (χ1v) is 8.63. The van der Waals surface area contributed by atoms with E-state index >= 15 is 0 Å². The Kier molecular flexibility index (Phi) is 3.46. The van der Waals surface area contributed by atoms with Crippen LogP contribution in [0.4, 0.5) is 10.5 Å². The van der Waals surface area contributed by atoms with Crippen LogP contribution in [0.3, 0.4) is 0 Å². The first kappa shape index (κ1) is 15.3. The summed E-state index contributed by atoms with van der Waals surface area (Å²) in [6.07, 6.45) is 4.49. The summed E-state index contributed by atoms with van der Waals surface area (Å²) in [5, 5.41) is 2.91. The van der Waals surface area contributed by atoms with Gasteiger partial charge in [-0.3, -0.25) is 9.78 Å². The normalized spacial score (nSPS) is 25.8. The lowest BCUT2D eigenvalue weighted by atomic mass is 9.65. The third-order valence-corrected chi connectivity index (χ3v) is 5.79. The number of nitrogens with zero attached hydrogens (tertiary/aromatic N) is 2. The number of hydrogen-bond donors (Lipinski definition) is 1. The third kappa shape index (κ3) is 2.17. The number of pyridine rings is 1. The van der Waals surface area contributed by atoms with Gasteiger partial charge in [-0.2, -0.15) is 0 Å². The summed E-state index contributed by atoms with van der Waals surface area (Å²) in [6, 6.07) is 9.74. The summed E-state index contributed by atoms with van der Waals surface area (Å²) in [7, 11) is 0. The van der Waals surface area contributed by atoms with E-state index in [0.717, 1.165) is 10.0 Å². The lowest BCUT2D eigenvalue weighted by Crippen LogP contribution is -2.56. The van der Waals surface area contributed by atoms with Gasteiger partial charge in [0, 0.05) is 10.7 Å². The maximum Gasteiger partial charge on any atom is 0.329 e. The zero-order chi connectivity index (χ0) is 16.9. The molecule has 1 aliphatic heterocycles. The van der Waals surface area contributed by atoms with Crippen LogP contribution in [0.1, 0.15) is 29.9 Å². The Morgan fingerprint density at radius 2 is 1.92 bits per heavy atom. The molecule has 2 aliphatic rings. The molecule has 0 radical (unpaired) electrons.